The fourth-order valence-corrected chi connectivity index (χ4v) is 3.30. The Kier molecular flexibility index (Phi) is 2.97. The van der Waals surface area contributed by atoms with Gasteiger partial charge in [-0.1, -0.05) is 18.2 Å². The number of aliphatic hydroxyl groups excluding tert-OH is 1. The van der Waals surface area contributed by atoms with E-state index in [9.17, 15) is 5.11 Å². The highest BCUT2D eigenvalue weighted by atomic mass is 79.9. The molecule has 5 heteroatoms. The number of hydrogen-bond donors (Lipinski definition) is 1. The third-order valence-electron chi connectivity index (χ3n) is 2.82. The minimum Gasteiger partial charge on any atom is -0.461 e. The minimum atomic E-state index is -0.745. The van der Waals surface area contributed by atoms with E-state index in [4.69, 9.17) is 4.42 Å². The highest BCUT2D eigenvalue weighted by Gasteiger charge is 2.22. The number of benzene rings is 1. The molecule has 0 aliphatic rings. The topological polar surface area (TPSA) is 46.3 Å². The molecule has 0 saturated heterocycles. The lowest BCUT2D eigenvalue weighted by Gasteiger charge is -2.06. The van der Waals surface area contributed by atoms with Gasteiger partial charge in [0.15, 0.2) is 0 Å². The zero-order valence-electron chi connectivity index (χ0n) is 9.55. The van der Waals surface area contributed by atoms with Crippen molar-refractivity contribution in [1.29, 1.82) is 0 Å². The maximum Gasteiger partial charge on any atom is 0.135 e. The van der Waals surface area contributed by atoms with Crippen molar-refractivity contribution in [2.75, 3.05) is 0 Å². The van der Waals surface area contributed by atoms with Gasteiger partial charge >= 0.3 is 0 Å². The van der Waals surface area contributed by atoms with Crippen LogP contribution in [0.2, 0.25) is 0 Å². The van der Waals surface area contributed by atoms with Crippen LogP contribution in [0.1, 0.15) is 22.4 Å². The molecule has 1 aromatic carbocycles. The summed E-state index contributed by atoms with van der Waals surface area (Å²) in [7, 11) is 0. The Morgan fingerprint density at radius 3 is 2.89 bits per heavy atom. The number of rotatable bonds is 2. The number of aryl methyl sites for hydroxylation is 1. The van der Waals surface area contributed by atoms with Crippen LogP contribution in [0.4, 0.5) is 0 Å². The first-order valence-corrected chi connectivity index (χ1v) is 7.11. The van der Waals surface area contributed by atoms with Gasteiger partial charge in [-0.15, -0.1) is 11.3 Å². The zero-order chi connectivity index (χ0) is 12.7. The number of hydrogen-bond acceptors (Lipinski definition) is 4. The monoisotopic (exact) mass is 323 g/mol. The number of aliphatic hydroxyl groups is 1. The second-order valence-corrected chi connectivity index (χ2v) is 5.68. The summed E-state index contributed by atoms with van der Waals surface area (Å²) < 4.78 is 6.40. The summed E-state index contributed by atoms with van der Waals surface area (Å²) in [5.74, 6) is 0.732. The van der Waals surface area contributed by atoms with Crippen LogP contribution < -0.4 is 0 Å². The number of nitrogens with zero attached hydrogens (tertiary/aromatic N) is 1. The summed E-state index contributed by atoms with van der Waals surface area (Å²) in [6.07, 6.45) is -0.745. The van der Waals surface area contributed by atoms with Gasteiger partial charge in [-0.2, -0.15) is 0 Å². The first-order chi connectivity index (χ1) is 8.66. The van der Waals surface area contributed by atoms with E-state index in [0.29, 0.717) is 5.01 Å². The van der Waals surface area contributed by atoms with E-state index in [1.54, 1.807) is 0 Å². The number of para-hydroxylation sites is 1. The van der Waals surface area contributed by atoms with Gasteiger partial charge in [0.25, 0.3) is 0 Å². The molecule has 0 spiro atoms. The Labute approximate surface area is 116 Å². The molecule has 0 bridgehead atoms. The summed E-state index contributed by atoms with van der Waals surface area (Å²) in [6, 6.07) is 7.70. The molecule has 92 valence electrons. The summed E-state index contributed by atoms with van der Waals surface area (Å²) >= 11 is 4.72. The van der Waals surface area contributed by atoms with Crippen molar-refractivity contribution in [1.82, 2.24) is 4.98 Å². The Hall–Kier alpha value is -1.17. The number of halogens is 1. The normalized spacial score (nSPS) is 13.1. The molecule has 1 atom stereocenters. The van der Waals surface area contributed by atoms with E-state index in [1.807, 2.05) is 36.6 Å². The molecule has 0 amide bonds. The number of thiazole rings is 1. The van der Waals surface area contributed by atoms with Gasteiger partial charge in [-0.05, 0) is 28.9 Å². The largest absolute Gasteiger partial charge is 0.461 e. The Morgan fingerprint density at radius 2 is 2.17 bits per heavy atom. The molecule has 3 nitrogen and oxygen atoms in total. The molecule has 1 N–H and O–H groups in total. The van der Waals surface area contributed by atoms with Crippen molar-refractivity contribution in [2.24, 2.45) is 0 Å². The molecule has 0 aliphatic heterocycles. The molecular weight excluding hydrogens is 314 g/mol. The van der Waals surface area contributed by atoms with E-state index < -0.39 is 6.10 Å². The van der Waals surface area contributed by atoms with Gasteiger partial charge in [0.1, 0.15) is 27.1 Å². The number of furan rings is 1. The van der Waals surface area contributed by atoms with Crippen molar-refractivity contribution in [3.05, 3.63) is 50.6 Å². The van der Waals surface area contributed by atoms with Crippen molar-refractivity contribution in [3.63, 3.8) is 0 Å². The molecule has 2 heterocycles. The van der Waals surface area contributed by atoms with Crippen LogP contribution >= 0.6 is 27.3 Å². The van der Waals surface area contributed by atoms with Crippen LogP contribution in [-0.4, -0.2) is 10.1 Å². The average Bonchev–Trinajstić information content (AvgIpc) is 2.91. The Bertz CT molecular complexity index is 704. The van der Waals surface area contributed by atoms with Gasteiger partial charge in [0, 0.05) is 16.3 Å². The van der Waals surface area contributed by atoms with Crippen LogP contribution in [0.5, 0.6) is 0 Å². The molecule has 0 saturated carbocycles. The molecule has 3 rings (SSSR count). The molecule has 0 fully saturated rings. The molecule has 2 aromatic heterocycles. The van der Waals surface area contributed by atoms with Crippen LogP contribution in [0.25, 0.3) is 11.0 Å². The third kappa shape index (κ3) is 1.88. The van der Waals surface area contributed by atoms with E-state index in [0.717, 1.165) is 26.9 Å². The molecule has 0 radical (unpaired) electrons. The number of fused-ring (bicyclic) bond motifs is 1. The SMILES string of the molecule is Cc1oc2ccccc2c1C(O)c1nc(Br)cs1. The first kappa shape index (κ1) is 11.9. The van der Waals surface area contributed by atoms with Crippen LogP contribution in [0.15, 0.2) is 38.7 Å². The van der Waals surface area contributed by atoms with Crippen molar-refractivity contribution < 1.29 is 9.52 Å². The third-order valence-corrected chi connectivity index (χ3v) is 4.43. The summed E-state index contributed by atoms with van der Waals surface area (Å²) in [4.78, 5) is 4.26. The van der Waals surface area contributed by atoms with Crippen molar-refractivity contribution in [3.8, 4) is 0 Å². The second kappa shape index (κ2) is 4.50. The van der Waals surface area contributed by atoms with Crippen LogP contribution in [0, 0.1) is 6.92 Å². The minimum absolute atomic E-state index is 0.663. The molecule has 18 heavy (non-hydrogen) atoms. The predicted octanol–water partition coefficient (Wildman–Crippen LogP) is 4.04. The lowest BCUT2D eigenvalue weighted by molar-refractivity contribution is 0.218. The Balaban J connectivity index is 2.16. The fourth-order valence-electron chi connectivity index (χ4n) is 2.04. The maximum atomic E-state index is 10.4. The van der Waals surface area contributed by atoms with Gasteiger partial charge in [0.05, 0.1) is 0 Å². The quantitative estimate of drug-likeness (QED) is 0.774. The molecule has 1 unspecified atom stereocenters. The van der Waals surface area contributed by atoms with Gasteiger partial charge in [-0.3, -0.25) is 0 Å². The number of aromatic nitrogens is 1. The average molecular weight is 324 g/mol. The Morgan fingerprint density at radius 1 is 1.39 bits per heavy atom. The van der Waals surface area contributed by atoms with E-state index in [1.165, 1.54) is 11.3 Å². The predicted molar refractivity (Wildman–Crippen MR) is 74.8 cm³/mol. The van der Waals surface area contributed by atoms with Gasteiger partial charge in [-0.25, -0.2) is 4.98 Å². The lowest BCUT2D eigenvalue weighted by atomic mass is 10.1. The fraction of sp³-hybridized carbons (Fsp3) is 0.154. The molecule has 0 aliphatic carbocycles. The zero-order valence-corrected chi connectivity index (χ0v) is 12.0. The van der Waals surface area contributed by atoms with Crippen LogP contribution in [-0.2, 0) is 0 Å². The lowest BCUT2D eigenvalue weighted by Crippen LogP contribution is -1.99. The highest BCUT2D eigenvalue weighted by molar-refractivity contribution is 9.10. The van der Waals surface area contributed by atoms with E-state index >= 15 is 0 Å². The molecular formula is C13H10BrNO2S. The van der Waals surface area contributed by atoms with E-state index in [2.05, 4.69) is 20.9 Å². The van der Waals surface area contributed by atoms with Crippen LogP contribution in [0.3, 0.4) is 0 Å². The van der Waals surface area contributed by atoms with Gasteiger partial charge in [0.2, 0.25) is 0 Å². The maximum absolute atomic E-state index is 10.4. The molecule has 3 aromatic rings. The summed E-state index contributed by atoms with van der Waals surface area (Å²) in [5, 5.41) is 13.9. The van der Waals surface area contributed by atoms with Gasteiger partial charge < -0.3 is 9.52 Å². The summed E-state index contributed by atoms with van der Waals surface area (Å²) in [6.45, 7) is 1.86. The standard InChI is InChI=1S/C13H10BrNO2S/c1-7-11(8-4-2-3-5-9(8)17-7)12(16)13-15-10(14)6-18-13/h2-6,12,16H,1H3. The van der Waals surface area contributed by atoms with Crippen molar-refractivity contribution >= 4 is 38.2 Å². The first-order valence-electron chi connectivity index (χ1n) is 5.44. The van der Waals surface area contributed by atoms with E-state index in [-0.39, 0.29) is 0 Å². The smallest absolute Gasteiger partial charge is 0.135 e. The second-order valence-electron chi connectivity index (χ2n) is 3.98. The highest BCUT2D eigenvalue weighted by Crippen LogP contribution is 2.35. The summed E-state index contributed by atoms with van der Waals surface area (Å²) in [5.41, 5.74) is 1.59. The van der Waals surface area contributed by atoms with Crippen molar-refractivity contribution in [2.45, 2.75) is 13.0 Å².